The van der Waals surface area contributed by atoms with Crippen LogP contribution in [-0.2, 0) is 6.54 Å². The Morgan fingerprint density at radius 1 is 1.19 bits per heavy atom. The van der Waals surface area contributed by atoms with Crippen LogP contribution in [0.25, 0.3) is 21.3 Å². The number of aromatic nitrogens is 2. The molecule has 2 heterocycles. The standard InChI is InChI=1S/C20H15FN2O2S/c1-25-17-8-7-13(9-16(17)21)10-23-12-22-19-18(20(23)24)15(11-26-19)14-5-3-2-4-6-14/h2-9,11-12H,10H2,1H3. The number of hydrogen-bond donors (Lipinski definition) is 0. The molecule has 0 amide bonds. The molecular weight excluding hydrogens is 351 g/mol. The zero-order valence-corrected chi connectivity index (χ0v) is 14.8. The fourth-order valence-corrected chi connectivity index (χ4v) is 3.82. The largest absolute Gasteiger partial charge is 0.494 e. The molecule has 130 valence electrons. The summed E-state index contributed by atoms with van der Waals surface area (Å²) in [7, 11) is 1.42. The lowest BCUT2D eigenvalue weighted by Gasteiger charge is -2.08. The molecule has 0 spiro atoms. The number of nitrogens with zero attached hydrogens (tertiary/aromatic N) is 2. The Kier molecular flexibility index (Phi) is 4.26. The highest BCUT2D eigenvalue weighted by molar-refractivity contribution is 7.17. The van der Waals surface area contributed by atoms with Gasteiger partial charge in [-0.2, -0.15) is 0 Å². The summed E-state index contributed by atoms with van der Waals surface area (Å²) in [5, 5.41) is 2.55. The van der Waals surface area contributed by atoms with E-state index in [9.17, 15) is 9.18 Å². The van der Waals surface area contributed by atoms with E-state index in [2.05, 4.69) is 4.98 Å². The van der Waals surface area contributed by atoms with Gasteiger partial charge < -0.3 is 4.74 Å². The summed E-state index contributed by atoms with van der Waals surface area (Å²) in [6.07, 6.45) is 1.51. The summed E-state index contributed by atoms with van der Waals surface area (Å²) in [6, 6.07) is 14.4. The highest BCUT2D eigenvalue weighted by Gasteiger charge is 2.13. The SMILES string of the molecule is COc1ccc(Cn2cnc3scc(-c4ccccc4)c3c2=O)cc1F. The lowest BCUT2D eigenvalue weighted by molar-refractivity contribution is 0.386. The summed E-state index contributed by atoms with van der Waals surface area (Å²) >= 11 is 1.44. The van der Waals surface area contributed by atoms with E-state index in [1.807, 2.05) is 35.7 Å². The van der Waals surface area contributed by atoms with Gasteiger partial charge in [-0.3, -0.25) is 9.36 Å². The van der Waals surface area contributed by atoms with Gasteiger partial charge in [-0.05, 0) is 23.3 Å². The first kappa shape index (κ1) is 16.5. The van der Waals surface area contributed by atoms with Crippen LogP contribution in [0.3, 0.4) is 0 Å². The second-order valence-corrected chi connectivity index (χ2v) is 6.70. The van der Waals surface area contributed by atoms with Crippen LogP contribution in [0.5, 0.6) is 5.75 Å². The van der Waals surface area contributed by atoms with Gasteiger partial charge in [0.05, 0.1) is 25.4 Å². The minimum absolute atomic E-state index is 0.133. The predicted molar refractivity (Wildman–Crippen MR) is 101 cm³/mol. The third kappa shape index (κ3) is 2.88. The second-order valence-electron chi connectivity index (χ2n) is 5.84. The average molecular weight is 366 g/mol. The Hall–Kier alpha value is -2.99. The molecule has 0 radical (unpaired) electrons. The van der Waals surface area contributed by atoms with Crippen LogP contribution in [0.15, 0.2) is 65.0 Å². The maximum Gasteiger partial charge on any atom is 0.263 e. The molecule has 26 heavy (non-hydrogen) atoms. The highest BCUT2D eigenvalue weighted by Crippen LogP contribution is 2.30. The van der Waals surface area contributed by atoms with Crippen molar-refractivity contribution in [1.29, 1.82) is 0 Å². The average Bonchev–Trinajstić information content (AvgIpc) is 3.10. The molecule has 0 fully saturated rings. The normalized spacial score (nSPS) is 11.0. The number of methoxy groups -OCH3 is 1. The predicted octanol–water partition coefficient (Wildman–Crippen LogP) is 4.32. The van der Waals surface area contributed by atoms with E-state index in [4.69, 9.17) is 4.74 Å². The molecule has 0 aliphatic rings. The first-order valence-corrected chi connectivity index (χ1v) is 8.90. The van der Waals surface area contributed by atoms with Crippen LogP contribution in [0.4, 0.5) is 4.39 Å². The number of hydrogen-bond acceptors (Lipinski definition) is 4. The smallest absolute Gasteiger partial charge is 0.263 e. The lowest BCUT2D eigenvalue weighted by Crippen LogP contribution is -2.21. The van der Waals surface area contributed by atoms with Gasteiger partial charge in [0.25, 0.3) is 5.56 Å². The van der Waals surface area contributed by atoms with Crippen molar-refractivity contribution in [1.82, 2.24) is 9.55 Å². The Balaban J connectivity index is 1.78. The Morgan fingerprint density at radius 3 is 2.73 bits per heavy atom. The van der Waals surface area contributed by atoms with Gasteiger partial charge in [-0.15, -0.1) is 11.3 Å². The van der Waals surface area contributed by atoms with Crippen molar-refractivity contribution in [2.24, 2.45) is 0 Å². The zero-order chi connectivity index (χ0) is 18.1. The number of ether oxygens (including phenoxy) is 1. The zero-order valence-electron chi connectivity index (χ0n) is 14.0. The summed E-state index contributed by atoms with van der Waals surface area (Å²) in [4.78, 5) is 18.1. The Labute approximate surface area is 153 Å². The molecule has 2 aromatic heterocycles. The number of thiophene rings is 1. The summed E-state index contributed by atoms with van der Waals surface area (Å²) in [5.74, 6) is -0.272. The topological polar surface area (TPSA) is 44.1 Å². The van der Waals surface area contributed by atoms with E-state index >= 15 is 0 Å². The van der Waals surface area contributed by atoms with E-state index < -0.39 is 5.82 Å². The van der Waals surface area contributed by atoms with Crippen molar-refractivity contribution >= 4 is 21.6 Å². The number of rotatable bonds is 4. The van der Waals surface area contributed by atoms with Crippen molar-refractivity contribution in [3.63, 3.8) is 0 Å². The van der Waals surface area contributed by atoms with Crippen LogP contribution in [0, 0.1) is 5.82 Å². The molecule has 4 rings (SSSR count). The van der Waals surface area contributed by atoms with Crippen LogP contribution in [-0.4, -0.2) is 16.7 Å². The van der Waals surface area contributed by atoms with Gasteiger partial charge >= 0.3 is 0 Å². The molecule has 4 aromatic rings. The summed E-state index contributed by atoms with van der Waals surface area (Å²) in [5.41, 5.74) is 2.39. The Bertz CT molecular complexity index is 1140. The molecular formula is C20H15FN2O2S. The monoisotopic (exact) mass is 366 g/mol. The maximum absolute atomic E-state index is 13.9. The van der Waals surface area contributed by atoms with Crippen molar-refractivity contribution < 1.29 is 9.13 Å². The van der Waals surface area contributed by atoms with Gasteiger partial charge in [0.15, 0.2) is 11.6 Å². The molecule has 0 saturated heterocycles. The number of halogens is 1. The molecule has 0 atom stereocenters. The quantitative estimate of drug-likeness (QED) is 0.540. The van der Waals surface area contributed by atoms with Crippen LogP contribution < -0.4 is 10.3 Å². The fraction of sp³-hybridized carbons (Fsp3) is 0.100. The van der Waals surface area contributed by atoms with Gasteiger partial charge in [0, 0.05) is 10.9 Å². The molecule has 4 nitrogen and oxygen atoms in total. The highest BCUT2D eigenvalue weighted by atomic mass is 32.1. The molecule has 2 aromatic carbocycles. The van der Waals surface area contributed by atoms with E-state index in [1.165, 1.54) is 35.4 Å². The Morgan fingerprint density at radius 2 is 2.00 bits per heavy atom. The van der Waals surface area contributed by atoms with Gasteiger partial charge in [0.1, 0.15) is 4.83 Å². The first-order valence-electron chi connectivity index (χ1n) is 8.02. The maximum atomic E-state index is 13.9. The third-order valence-electron chi connectivity index (χ3n) is 4.21. The fourth-order valence-electron chi connectivity index (χ4n) is 2.92. The second kappa shape index (κ2) is 6.72. The molecule has 0 saturated carbocycles. The molecule has 0 N–H and O–H groups in total. The van der Waals surface area contributed by atoms with Gasteiger partial charge in [-0.1, -0.05) is 36.4 Å². The molecule has 0 aliphatic carbocycles. The van der Waals surface area contributed by atoms with E-state index in [1.54, 1.807) is 12.1 Å². The summed E-state index contributed by atoms with van der Waals surface area (Å²) < 4.78 is 20.4. The summed E-state index contributed by atoms with van der Waals surface area (Å²) in [6.45, 7) is 0.243. The minimum atomic E-state index is -0.451. The van der Waals surface area contributed by atoms with Crippen molar-refractivity contribution in [3.05, 3.63) is 82.0 Å². The van der Waals surface area contributed by atoms with E-state index in [0.29, 0.717) is 15.8 Å². The third-order valence-corrected chi connectivity index (χ3v) is 5.10. The van der Waals surface area contributed by atoms with E-state index in [0.717, 1.165) is 11.1 Å². The molecule has 0 bridgehead atoms. The lowest BCUT2D eigenvalue weighted by atomic mass is 10.1. The van der Waals surface area contributed by atoms with Gasteiger partial charge in [0.2, 0.25) is 0 Å². The van der Waals surface area contributed by atoms with Crippen molar-refractivity contribution in [2.75, 3.05) is 7.11 Å². The van der Waals surface area contributed by atoms with Crippen LogP contribution >= 0.6 is 11.3 Å². The molecule has 0 unspecified atom stereocenters. The molecule has 6 heteroatoms. The van der Waals surface area contributed by atoms with Crippen molar-refractivity contribution in [2.45, 2.75) is 6.54 Å². The number of fused-ring (bicyclic) bond motifs is 1. The minimum Gasteiger partial charge on any atom is -0.494 e. The first-order chi connectivity index (χ1) is 12.7. The van der Waals surface area contributed by atoms with E-state index in [-0.39, 0.29) is 17.9 Å². The van der Waals surface area contributed by atoms with Crippen molar-refractivity contribution in [3.8, 4) is 16.9 Å². The van der Waals surface area contributed by atoms with Crippen LogP contribution in [0.1, 0.15) is 5.56 Å². The van der Waals surface area contributed by atoms with Gasteiger partial charge in [-0.25, -0.2) is 9.37 Å². The van der Waals surface area contributed by atoms with Crippen LogP contribution in [0.2, 0.25) is 0 Å². The molecule has 0 aliphatic heterocycles. The number of benzene rings is 2.